The first-order valence-electron chi connectivity index (χ1n) is 6.20. The van der Waals surface area contributed by atoms with Crippen LogP contribution in [0.25, 0.3) is 5.69 Å². The molecule has 0 unspecified atom stereocenters. The van der Waals surface area contributed by atoms with Crippen LogP contribution in [0.1, 0.15) is 35.9 Å². The van der Waals surface area contributed by atoms with E-state index in [1.165, 1.54) is 22.9 Å². The number of carbonyl (C=O) groups is 1. The minimum absolute atomic E-state index is 0.0525. The van der Waals surface area contributed by atoms with Gasteiger partial charge >= 0.3 is 5.97 Å². The fraction of sp³-hybridized carbons (Fsp3) is 0.286. The lowest BCUT2D eigenvalue weighted by molar-refractivity contribution is 0.0687. The molecule has 0 saturated heterocycles. The Morgan fingerprint density at radius 1 is 1.42 bits per heavy atom. The Bertz CT molecular complexity index is 593. The molecular weight excluding hydrogens is 247 g/mol. The summed E-state index contributed by atoms with van der Waals surface area (Å²) in [5.74, 6) is -1.49. The van der Waals surface area contributed by atoms with Crippen LogP contribution in [0.15, 0.2) is 30.3 Å². The fourth-order valence-electron chi connectivity index (χ4n) is 1.87. The predicted octanol–water partition coefficient (Wildman–Crippen LogP) is 3.05. The second kappa shape index (κ2) is 5.65. The van der Waals surface area contributed by atoms with Gasteiger partial charge in [-0.05, 0) is 37.1 Å². The molecule has 0 amide bonds. The van der Waals surface area contributed by atoms with E-state index in [2.05, 4.69) is 12.0 Å². The Morgan fingerprint density at radius 2 is 2.21 bits per heavy atom. The second-order valence-electron chi connectivity index (χ2n) is 4.32. The lowest BCUT2D eigenvalue weighted by Gasteiger charge is -2.04. The lowest BCUT2D eigenvalue weighted by atomic mass is 10.2. The number of benzene rings is 1. The maximum absolute atomic E-state index is 13.2. The summed E-state index contributed by atoms with van der Waals surface area (Å²) in [6, 6.07) is 7.28. The van der Waals surface area contributed by atoms with Gasteiger partial charge in [0.25, 0.3) is 0 Å². The van der Waals surface area contributed by atoms with E-state index in [1.807, 2.05) is 0 Å². The van der Waals surface area contributed by atoms with Crippen LogP contribution in [0.4, 0.5) is 4.39 Å². The quantitative estimate of drug-likeness (QED) is 0.901. The molecule has 0 spiro atoms. The van der Waals surface area contributed by atoms with E-state index >= 15 is 0 Å². The number of aryl methyl sites for hydroxylation is 1. The van der Waals surface area contributed by atoms with Gasteiger partial charge in [0, 0.05) is 0 Å². The molecule has 1 heterocycles. The average Bonchev–Trinajstić information content (AvgIpc) is 2.80. The number of hydrogen-bond donors (Lipinski definition) is 1. The molecule has 100 valence electrons. The van der Waals surface area contributed by atoms with E-state index in [-0.39, 0.29) is 5.69 Å². The van der Waals surface area contributed by atoms with Crippen LogP contribution >= 0.6 is 0 Å². The van der Waals surface area contributed by atoms with Gasteiger partial charge in [-0.3, -0.25) is 0 Å². The zero-order chi connectivity index (χ0) is 13.8. The molecule has 1 aromatic carbocycles. The van der Waals surface area contributed by atoms with Crippen LogP contribution in [-0.4, -0.2) is 20.9 Å². The first-order chi connectivity index (χ1) is 9.11. The summed E-state index contributed by atoms with van der Waals surface area (Å²) in [6.45, 7) is 2.06. The smallest absolute Gasteiger partial charge is 0.354 e. The largest absolute Gasteiger partial charge is 0.477 e. The zero-order valence-electron chi connectivity index (χ0n) is 10.6. The van der Waals surface area contributed by atoms with E-state index in [9.17, 15) is 14.3 Å². The van der Waals surface area contributed by atoms with Crippen LogP contribution in [-0.2, 0) is 6.42 Å². The van der Waals surface area contributed by atoms with Gasteiger partial charge in [-0.25, -0.2) is 13.9 Å². The Labute approximate surface area is 110 Å². The highest BCUT2D eigenvalue weighted by molar-refractivity contribution is 5.86. The van der Waals surface area contributed by atoms with Crippen molar-refractivity contribution in [3.8, 4) is 5.69 Å². The summed E-state index contributed by atoms with van der Waals surface area (Å²) in [4.78, 5) is 11.2. The molecule has 2 aromatic rings. The van der Waals surface area contributed by atoms with E-state index in [0.29, 0.717) is 11.4 Å². The van der Waals surface area contributed by atoms with Crippen molar-refractivity contribution in [2.75, 3.05) is 0 Å². The van der Waals surface area contributed by atoms with Crippen LogP contribution in [0, 0.1) is 5.82 Å². The van der Waals surface area contributed by atoms with Crippen molar-refractivity contribution in [1.29, 1.82) is 0 Å². The van der Waals surface area contributed by atoms with Crippen LogP contribution in [0.2, 0.25) is 0 Å². The molecule has 0 fully saturated rings. The monoisotopic (exact) mass is 262 g/mol. The van der Waals surface area contributed by atoms with Crippen molar-refractivity contribution < 1.29 is 14.3 Å². The topological polar surface area (TPSA) is 55.1 Å². The van der Waals surface area contributed by atoms with E-state index in [1.54, 1.807) is 12.1 Å². The summed E-state index contributed by atoms with van der Waals surface area (Å²) in [5.41, 5.74) is 1.18. The third-order valence-electron chi connectivity index (χ3n) is 2.82. The number of nitrogens with zero attached hydrogens (tertiary/aromatic N) is 2. The number of halogens is 1. The van der Waals surface area contributed by atoms with Crippen molar-refractivity contribution in [2.24, 2.45) is 0 Å². The minimum atomic E-state index is -1.07. The first-order valence-corrected chi connectivity index (χ1v) is 6.20. The summed E-state index contributed by atoms with van der Waals surface area (Å²) in [6.07, 6.45) is 2.67. The van der Waals surface area contributed by atoms with Crippen molar-refractivity contribution >= 4 is 5.97 Å². The summed E-state index contributed by atoms with van der Waals surface area (Å²) in [5, 5.41) is 13.4. The van der Waals surface area contributed by atoms with Gasteiger partial charge in [0.15, 0.2) is 5.69 Å². The van der Waals surface area contributed by atoms with Crippen LogP contribution in [0.3, 0.4) is 0 Å². The minimum Gasteiger partial charge on any atom is -0.477 e. The van der Waals surface area contributed by atoms with E-state index in [4.69, 9.17) is 0 Å². The Balaban J connectivity index is 2.43. The highest BCUT2D eigenvalue weighted by Gasteiger charge is 2.15. The molecule has 1 N–H and O–H groups in total. The number of aromatic nitrogens is 2. The highest BCUT2D eigenvalue weighted by atomic mass is 19.1. The summed E-state index contributed by atoms with van der Waals surface area (Å²) in [7, 11) is 0. The van der Waals surface area contributed by atoms with Gasteiger partial charge in [-0.1, -0.05) is 19.4 Å². The number of unbranched alkanes of at least 4 members (excludes halogenated alkanes) is 1. The molecule has 5 heteroatoms. The van der Waals surface area contributed by atoms with Crippen molar-refractivity contribution in [3.05, 3.63) is 47.5 Å². The number of hydrogen-bond acceptors (Lipinski definition) is 2. The number of carboxylic acid groups (broad SMARTS) is 1. The Morgan fingerprint density at radius 3 is 2.84 bits per heavy atom. The molecular formula is C14H15FN2O2. The summed E-state index contributed by atoms with van der Waals surface area (Å²) >= 11 is 0. The van der Waals surface area contributed by atoms with Crippen LogP contribution in [0.5, 0.6) is 0 Å². The maximum Gasteiger partial charge on any atom is 0.354 e. The van der Waals surface area contributed by atoms with Crippen molar-refractivity contribution in [2.45, 2.75) is 26.2 Å². The second-order valence-corrected chi connectivity index (χ2v) is 4.32. The number of rotatable bonds is 5. The lowest BCUT2D eigenvalue weighted by Crippen LogP contribution is -2.08. The average molecular weight is 262 g/mol. The maximum atomic E-state index is 13.2. The highest BCUT2D eigenvalue weighted by Crippen LogP contribution is 2.15. The number of carboxylic acids is 1. The van der Waals surface area contributed by atoms with Crippen LogP contribution < -0.4 is 0 Å². The van der Waals surface area contributed by atoms with E-state index < -0.39 is 11.8 Å². The third-order valence-corrected chi connectivity index (χ3v) is 2.82. The molecule has 4 nitrogen and oxygen atoms in total. The molecule has 2 rings (SSSR count). The first kappa shape index (κ1) is 13.3. The molecule has 0 radical (unpaired) electrons. The number of aromatic carboxylic acids is 1. The fourth-order valence-corrected chi connectivity index (χ4v) is 1.87. The Kier molecular flexibility index (Phi) is 3.94. The molecule has 0 aliphatic heterocycles. The van der Waals surface area contributed by atoms with Gasteiger partial charge in [0.2, 0.25) is 0 Å². The Hall–Kier alpha value is -2.17. The normalized spacial score (nSPS) is 10.6. The molecule has 19 heavy (non-hydrogen) atoms. The molecule has 0 aliphatic carbocycles. The van der Waals surface area contributed by atoms with Gasteiger partial charge in [0.1, 0.15) is 5.82 Å². The standard InChI is InChI=1S/C14H15FN2O2/c1-2-3-6-11-9-13(14(18)19)17(16-11)12-7-4-5-10(15)8-12/h4-5,7-9H,2-3,6H2,1H3,(H,18,19). The van der Waals surface area contributed by atoms with Gasteiger partial charge in [0.05, 0.1) is 11.4 Å². The molecule has 1 aromatic heterocycles. The molecule has 0 atom stereocenters. The van der Waals surface area contributed by atoms with Crippen molar-refractivity contribution in [3.63, 3.8) is 0 Å². The third kappa shape index (κ3) is 2.99. The summed E-state index contributed by atoms with van der Waals surface area (Å²) < 4.78 is 14.5. The van der Waals surface area contributed by atoms with Gasteiger partial charge < -0.3 is 5.11 Å². The molecule has 0 aliphatic rings. The van der Waals surface area contributed by atoms with Gasteiger partial charge in [-0.15, -0.1) is 0 Å². The molecule has 0 saturated carbocycles. The SMILES string of the molecule is CCCCc1cc(C(=O)O)n(-c2cccc(F)c2)n1. The van der Waals surface area contributed by atoms with E-state index in [0.717, 1.165) is 19.3 Å². The molecule has 0 bridgehead atoms. The van der Waals surface area contributed by atoms with Crippen molar-refractivity contribution in [1.82, 2.24) is 9.78 Å². The zero-order valence-corrected chi connectivity index (χ0v) is 10.6. The predicted molar refractivity (Wildman–Crippen MR) is 69.1 cm³/mol. The van der Waals surface area contributed by atoms with Gasteiger partial charge in [-0.2, -0.15) is 5.10 Å².